The summed E-state index contributed by atoms with van der Waals surface area (Å²) in [5, 5.41) is 29.9. The monoisotopic (exact) mass is 990 g/mol. The number of amides is 2. The van der Waals surface area contributed by atoms with Crippen LogP contribution in [0, 0.1) is 0 Å². The van der Waals surface area contributed by atoms with Gasteiger partial charge in [-0.3, -0.25) is 30.0 Å². The highest BCUT2D eigenvalue weighted by molar-refractivity contribution is 9.10. The fraction of sp³-hybridized carbons (Fsp3) is 0.292. The molecule has 1 fully saturated rings. The minimum atomic E-state index is -0.331. The summed E-state index contributed by atoms with van der Waals surface area (Å²) in [5.74, 6) is 1.34. The lowest BCUT2D eigenvalue weighted by Crippen LogP contribution is -2.41. The van der Waals surface area contributed by atoms with E-state index in [9.17, 15) is 9.59 Å². The Morgan fingerprint density at radius 1 is 0.657 bits per heavy atom. The van der Waals surface area contributed by atoms with Crippen LogP contribution in [0.5, 0.6) is 11.5 Å². The van der Waals surface area contributed by atoms with Gasteiger partial charge in [-0.05, 0) is 117 Å². The van der Waals surface area contributed by atoms with Crippen molar-refractivity contribution >= 4 is 72.2 Å². The lowest BCUT2D eigenvalue weighted by Gasteiger charge is -2.32. The first kappa shape index (κ1) is 50.1. The van der Waals surface area contributed by atoms with Gasteiger partial charge in [0.15, 0.2) is 0 Å². The van der Waals surface area contributed by atoms with Crippen molar-refractivity contribution in [3.63, 3.8) is 0 Å². The highest BCUT2D eigenvalue weighted by Crippen LogP contribution is 2.36. The Hall–Kier alpha value is -6.33. The van der Waals surface area contributed by atoms with Crippen molar-refractivity contribution < 1.29 is 28.4 Å². The highest BCUT2D eigenvalue weighted by Gasteiger charge is 2.52. The molecule has 0 saturated carbocycles. The maximum atomic E-state index is 13.0. The van der Waals surface area contributed by atoms with Crippen molar-refractivity contribution in [2.24, 2.45) is 0 Å². The lowest BCUT2D eigenvalue weighted by atomic mass is 9.85. The van der Waals surface area contributed by atoms with E-state index in [-0.39, 0.29) is 40.0 Å². The first-order valence-corrected chi connectivity index (χ1v) is 22.4. The third-order valence-electron chi connectivity index (χ3n) is 11.5. The minimum absolute atomic E-state index is 0. The quantitative estimate of drug-likeness (QED) is 0.0683. The number of halogens is 1. The maximum absolute atomic E-state index is 13.0. The van der Waals surface area contributed by atoms with Gasteiger partial charge in [0.2, 0.25) is 0 Å². The van der Waals surface area contributed by atoms with Crippen LogP contribution in [0.4, 0.5) is 0 Å². The normalized spacial score (nSPS) is 13.5. The number of benzene rings is 4. The third kappa shape index (κ3) is 11.6. The van der Waals surface area contributed by atoms with Crippen molar-refractivity contribution in [1.82, 2.24) is 50.6 Å². The molecule has 8 aromatic rings. The van der Waals surface area contributed by atoms with Crippen LogP contribution in [0.2, 0.25) is 0 Å². The molecule has 0 bridgehead atoms. The second-order valence-corrected chi connectivity index (χ2v) is 17.5. The van der Waals surface area contributed by atoms with Crippen molar-refractivity contribution in [3.05, 3.63) is 136 Å². The molecule has 9 rings (SSSR count). The number of hydrogen-bond donors (Lipinski definition) is 4. The van der Waals surface area contributed by atoms with E-state index in [4.69, 9.17) is 18.8 Å². The summed E-state index contributed by atoms with van der Waals surface area (Å²) >= 11 is 3.45. The summed E-state index contributed by atoms with van der Waals surface area (Å²) in [6, 6.07) is 26.5. The zero-order valence-electron chi connectivity index (χ0n) is 39.0. The van der Waals surface area contributed by atoms with Crippen molar-refractivity contribution in [3.8, 4) is 22.8 Å². The number of nitrogens with one attached hydrogen (secondary N) is 4. The van der Waals surface area contributed by atoms with E-state index in [1.54, 1.807) is 66.9 Å². The zero-order chi connectivity index (χ0) is 47.0. The van der Waals surface area contributed by atoms with Gasteiger partial charge in [0.05, 0.1) is 63.6 Å². The number of para-hydroxylation sites is 2. The van der Waals surface area contributed by atoms with E-state index < -0.39 is 0 Å². The van der Waals surface area contributed by atoms with E-state index in [1.807, 2.05) is 108 Å². The number of carbonyl (C=O) groups excluding carboxylic acids is 2. The predicted octanol–water partition coefficient (Wildman–Crippen LogP) is 8.39. The number of aromatic amines is 4. The molecule has 1 unspecified atom stereocenters. The number of rotatable bonds is 12. The van der Waals surface area contributed by atoms with Gasteiger partial charge in [0, 0.05) is 67.0 Å². The van der Waals surface area contributed by atoms with Crippen molar-refractivity contribution in [2.75, 3.05) is 27.3 Å². The van der Waals surface area contributed by atoms with Crippen molar-refractivity contribution in [1.29, 1.82) is 0 Å². The van der Waals surface area contributed by atoms with Crippen LogP contribution in [-0.4, -0.2) is 108 Å². The lowest BCUT2D eigenvalue weighted by molar-refractivity contribution is 0.00578. The molecule has 67 heavy (non-hydrogen) atoms. The molecular formula is C48H57BBrN10O6P. The summed E-state index contributed by atoms with van der Waals surface area (Å²) in [6.45, 7) is 14.1. The van der Waals surface area contributed by atoms with Crippen LogP contribution in [-0.2, 0) is 22.4 Å². The van der Waals surface area contributed by atoms with E-state index in [1.165, 1.54) is 0 Å². The molecule has 0 radical (unpaired) electrons. The average Bonchev–Trinajstić information content (AvgIpc) is 4.17. The zero-order valence-corrected chi connectivity index (χ0v) is 42.0. The van der Waals surface area contributed by atoms with Crippen LogP contribution in [0.25, 0.3) is 33.1 Å². The smallest absolute Gasteiger partial charge is 0.493 e. The number of fused-ring (bicyclic) bond motifs is 2. The molecule has 1 saturated heterocycles. The first-order valence-electron chi connectivity index (χ1n) is 21.6. The van der Waals surface area contributed by atoms with Gasteiger partial charge in [0.25, 0.3) is 11.8 Å². The molecule has 0 aliphatic carbocycles. The molecule has 2 amide bonds. The molecule has 16 nitrogen and oxygen atoms in total. The van der Waals surface area contributed by atoms with Gasteiger partial charge in [-0.25, -0.2) is 0 Å². The van der Waals surface area contributed by atoms with Gasteiger partial charge < -0.3 is 28.6 Å². The summed E-state index contributed by atoms with van der Waals surface area (Å²) in [4.78, 5) is 29.1. The van der Waals surface area contributed by atoms with Crippen LogP contribution in [0.15, 0.2) is 114 Å². The number of carbonyl (C=O) groups is 2. The van der Waals surface area contributed by atoms with Crippen molar-refractivity contribution in [2.45, 2.75) is 65.8 Å². The van der Waals surface area contributed by atoms with Gasteiger partial charge >= 0.3 is 7.12 Å². The Kier molecular flexibility index (Phi) is 16.4. The standard InChI is InChI=1S/C21H21N5O2.C18H18BrN3O2.C9H15BN2O2.H3P/c1-3-28-19-8-7-14(11-17(19)18-9-10-22-24-18)21(27)26(2)13-16-6-4-5-15-12-23-25-20(15)16;1-3-24-16-8-7-12(9-15(16)19)18(23)22(2)11-14-6-4-5-13-10-20-21-17(13)14;1-8(2)9(3,4)14-10(13-8)7-5-6-11-12-7;/h4-12H,3,13H2,1-2H3,(H,22,24)(H,23,25);4-10H,3,11H2,1-2H3,(H,20,21);5-6H,1-4H3,(H,11,12);1H3. The Labute approximate surface area is 401 Å². The Morgan fingerprint density at radius 3 is 1.66 bits per heavy atom. The minimum Gasteiger partial charge on any atom is -0.493 e. The Bertz CT molecular complexity index is 2870. The maximum Gasteiger partial charge on any atom is 0.513 e. The number of H-pyrrole nitrogens is 4. The Morgan fingerprint density at radius 2 is 1.16 bits per heavy atom. The van der Waals surface area contributed by atoms with Crippen LogP contribution in [0.1, 0.15) is 73.4 Å². The number of ether oxygens (including phenoxy) is 2. The van der Waals surface area contributed by atoms with E-state index in [2.05, 4.69) is 56.7 Å². The largest absolute Gasteiger partial charge is 0.513 e. The fourth-order valence-electron chi connectivity index (χ4n) is 7.25. The van der Waals surface area contributed by atoms with E-state index in [0.717, 1.165) is 60.0 Å². The molecule has 4 aromatic carbocycles. The molecule has 0 spiro atoms. The number of aromatic nitrogens is 8. The van der Waals surface area contributed by atoms with Crippen LogP contribution < -0.4 is 15.1 Å². The number of hydrogen-bond acceptors (Lipinski definition) is 10. The van der Waals surface area contributed by atoms with E-state index >= 15 is 0 Å². The molecular weight excluding hydrogens is 934 g/mol. The SMILES string of the molecule is CC1(C)OB(c2ccn[nH]2)OC1(C)C.CCOc1ccc(C(=O)N(C)Cc2cccc3cn[nH]c23)cc1-c1ccn[nH]1.CCOc1ccc(C(=O)N(C)Cc2cccc3cn[nH]c23)cc1Br.P. The number of nitrogens with zero attached hydrogens (tertiary/aromatic N) is 6. The molecule has 1 atom stereocenters. The van der Waals surface area contributed by atoms with Gasteiger partial charge in [-0.2, -0.15) is 30.3 Å². The second-order valence-electron chi connectivity index (χ2n) is 16.6. The topological polar surface area (TPSA) is 192 Å². The summed E-state index contributed by atoms with van der Waals surface area (Å²) in [6.07, 6.45) is 6.94. The molecule has 5 heterocycles. The predicted molar refractivity (Wildman–Crippen MR) is 270 cm³/mol. The van der Waals surface area contributed by atoms with Gasteiger partial charge in [0.1, 0.15) is 11.5 Å². The average molecular weight is 992 g/mol. The van der Waals surface area contributed by atoms with Crippen LogP contribution >= 0.6 is 25.8 Å². The molecule has 4 aromatic heterocycles. The highest BCUT2D eigenvalue weighted by atomic mass is 79.9. The summed E-state index contributed by atoms with van der Waals surface area (Å²) < 4.78 is 23.6. The molecule has 19 heteroatoms. The fourth-order valence-corrected chi connectivity index (χ4v) is 7.75. The van der Waals surface area contributed by atoms with Crippen LogP contribution in [0.3, 0.4) is 0 Å². The van der Waals surface area contributed by atoms with Gasteiger partial charge in [-0.1, -0.05) is 36.4 Å². The molecule has 350 valence electrons. The molecule has 4 N–H and O–H groups in total. The van der Waals surface area contributed by atoms with Gasteiger partial charge in [-0.15, -0.1) is 0 Å². The summed E-state index contributed by atoms with van der Waals surface area (Å²) in [5.41, 5.74) is 7.08. The molecule has 1 aliphatic rings. The summed E-state index contributed by atoms with van der Waals surface area (Å²) in [7, 11) is 3.26. The first-order chi connectivity index (χ1) is 31.7. The second kappa shape index (κ2) is 22.0. The molecule has 1 aliphatic heterocycles. The Balaban J connectivity index is 0.000000173. The van der Waals surface area contributed by atoms with E-state index in [0.29, 0.717) is 43.2 Å². The third-order valence-corrected chi connectivity index (χ3v) is 12.1.